The van der Waals surface area contributed by atoms with Gasteiger partial charge < -0.3 is 4.74 Å². The van der Waals surface area contributed by atoms with Crippen molar-refractivity contribution in [2.75, 3.05) is 20.2 Å². The van der Waals surface area contributed by atoms with Crippen LogP contribution in [0.15, 0.2) is 47.4 Å². The molecule has 1 saturated heterocycles. The highest BCUT2D eigenvalue weighted by atomic mass is 32.2. The molecule has 1 aromatic heterocycles. The fourth-order valence-electron chi connectivity index (χ4n) is 3.74. The standard InChI is InChI=1S/C22H25N3O3S2/c1-15-6-7-16(2)20(13-15)30(26,27)25-12-4-5-18(14-25)22-24-23-21(29-22)17-8-10-19(28-3)11-9-17/h6-11,13,18H,4-5,12,14H2,1-3H3. The van der Waals surface area contributed by atoms with Gasteiger partial charge in [-0.15, -0.1) is 10.2 Å². The third-order valence-electron chi connectivity index (χ3n) is 5.47. The number of methoxy groups -OCH3 is 1. The Balaban J connectivity index is 1.55. The van der Waals surface area contributed by atoms with Crippen LogP contribution < -0.4 is 4.74 Å². The van der Waals surface area contributed by atoms with Crippen LogP contribution in [0.4, 0.5) is 0 Å². The molecule has 3 aromatic rings. The minimum Gasteiger partial charge on any atom is -0.497 e. The van der Waals surface area contributed by atoms with E-state index in [-0.39, 0.29) is 5.92 Å². The number of aromatic nitrogens is 2. The lowest BCUT2D eigenvalue weighted by Gasteiger charge is -2.31. The monoisotopic (exact) mass is 443 g/mol. The molecule has 0 bridgehead atoms. The van der Waals surface area contributed by atoms with Gasteiger partial charge in [-0.25, -0.2) is 8.42 Å². The van der Waals surface area contributed by atoms with Gasteiger partial charge in [-0.05, 0) is 68.1 Å². The Morgan fingerprint density at radius 1 is 1.10 bits per heavy atom. The molecule has 2 heterocycles. The Kier molecular flexibility index (Phi) is 5.90. The average Bonchev–Trinajstić information content (AvgIpc) is 3.26. The molecule has 0 N–H and O–H groups in total. The molecule has 1 unspecified atom stereocenters. The zero-order valence-electron chi connectivity index (χ0n) is 17.3. The van der Waals surface area contributed by atoms with Crippen LogP contribution in [0.1, 0.15) is 34.9 Å². The van der Waals surface area contributed by atoms with Gasteiger partial charge in [0.1, 0.15) is 15.8 Å². The number of hydrogen-bond acceptors (Lipinski definition) is 6. The maximum atomic E-state index is 13.3. The minimum absolute atomic E-state index is 0.0585. The Labute approximate surface area is 181 Å². The summed E-state index contributed by atoms with van der Waals surface area (Å²) >= 11 is 1.54. The Morgan fingerprint density at radius 2 is 1.87 bits per heavy atom. The van der Waals surface area contributed by atoms with E-state index in [1.165, 1.54) is 11.3 Å². The summed E-state index contributed by atoms with van der Waals surface area (Å²) in [7, 11) is -1.90. The van der Waals surface area contributed by atoms with Crippen molar-refractivity contribution in [3.05, 3.63) is 58.6 Å². The molecule has 2 aromatic carbocycles. The lowest BCUT2D eigenvalue weighted by Crippen LogP contribution is -2.39. The van der Waals surface area contributed by atoms with E-state index in [1.807, 2.05) is 50.2 Å². The fraction of sp³-hybridized carbons (Fsp3) is 0.364. The van der Waals surface area contributed by atoms with E-state index in [0.717, 1.165) is 45.3 Å². The van der Waals surface area contributed by atoms with E-state index in [4.69, 9.17) is 4.74 Å². The first kappa shape index (κ1) is 21.0. The fourth-order valence-corrected chi connectivity index (χ4v) is 6.54. The molecule has 4 rings (SSSR count). The second-order valence-electron chi connectivity index (χ2n) is 7.65. The number of hydrogen-bond donors (Lipinski definition) is 0. The van der Waals surface area contributed by atoms with Gasteiger partial charge in [0, 0.05) is 24.6 Å². The second kappa shape index (κ2) is 8.45. The van der Waals surface area contributed by atoms with Crippen molar-refractivity contribution in [3.63, 3.8) is 0 Å². The van der Waals surface area contributed by atoms with Crippen LogP contribution in [0.3, 0.4) is 0 Å². The predicted molar refractivity (Wildman–Crippen MR) is 119 cm³/mol. The lowest BCUT2D eigenvalue weighted by molar-refractivity contribution is 0.314. The van der Waals surface area contributed by atoms with E-state index >= 15 is 0 Å². The summed E-state index contributed by atoms with van der Waals surface area (Å²) in [5.74, 6) is 0.853. The van der Waals surface area contributed by atoms with Gasteiger partial charge in [0.2, 0.25) is 10.0 Å². The quantitative estimate of drug-likeness (QED) is 0.584. The minimum atomic E-state index is -3.53. The van der Waals surface area contributed by atoms with Crippen molar-refractivity contribution in [3.8, 4) is 16.3 Å². The van der Waals surface area contributed by atoms with Gasteiger partial charge in [0.15, 0.2) is 0 Å². The van der Waals surface area contributed by atoms with Crippen LogP contribution in [0.2, 0.25) is 0 Å². The summed E-state index contributed by atoms with van der Waals surface area (Å²) in [6.07, 6.45) is 1.72. The molecule has 1 aliphatic rings. The number of benzene rings is 2. The second-order valence-corrected chi connectivity index (χ2v) is 10.6. The van der Waals surface area contributed by atoms with E-state index < -0.39 is 10.0 Å². The van der Waals surface area contributed by atoms with Gasteiger partial charge in [0.25, 0.3) is 0 Å². The van der Waals surface area contributed by atoms with Gasteiger partial charge in [0.05, 0.1) is 12.0 Å². The molecule has 1 fully saturated rings. The molecule has 0 aliphatic carbocycles. The van der Waals surface area contributed by atoms with Crippen LogP contribution in [0, 0.1) is 13.8 Å². The van der Waals surface area contributed by atoms with Gasteiger partial charge in [-0.3, -0.25) is 0 Å². The van der Waals surface area contributed by atoms with Crippen molar-refractivity contribution in [1.82, 2.24) is 14.5 Å². The molecular weight excluding hydrogens is 418 g/mol. The van der Waals surface area contributed by atoms with E-state index in [2.05, 4.69) is 10.2 Å². The van der Waals surface area contributed by atoms with E-state index in [0.29, 0.717) is 18.0 Å². The molecule has 8 heteroatoms. The maximum absolute atomic E-state index is 13.3. The summed E-state index contributed by atoms with van der Waals surface area (Å²) < 4.78 is 33.4. The molecule has 1 aliphatic heterocycles. The molecule has 1 atom stereocenters. The first-order valence-corrected chi connectivity index (χ1v) is 12.2. The average molecular weight is 444 g/mol. The van der Waals surface area contributed by atoms with Crippen molar-refractivity contribution in [2.24, 2.45) is 0 Å². The summed E-state index contributed by atoms with van der Waals surface area (Å²) in [5.41, 5.74) is 2.71. The molecule has 0 radical (unpaired) electrons. The Bertz CT molecular complexity index is 1140. The Morgan fingerprint density at radius 3 is 2.60 bits per heavy atom. The first-order chi connectivity index (χ1) is 14.4. The highest BCUT2D eigenvalue weighted by Gasteiger charge is 2.33. The summed E-state index contributed by atoms with van der Waals surface area (Å²) in [5, 5.41) is 10.5. The van der Waals surface area contributed by atoms with Crippen molar-refractivity contribution in [1.29, 1.82) is 0 Å². The number of aryl methyl sites for hydroxylation is 2. The third kappa shape index (κ3) is 4.12. The highest BCUT2D eigenvalue weighted by molar-refractivity contribution is 7.89. The summed E-state index contributed by atoms with van der Waals surface area (Å²) in [4.78, 5) is 0.402. The molecular formula is C22H25N3O3S2. The largest absolute Gasteiger partial charge is 0.497 e. The van der Waals surface area contributed by atoms with Crippen LogP contribution in [0.5, 0.6) is 5.75 Å². The van der Waals surface area contributed by atoms with Crippen LogP contribution in [-0.2, 0) is 10.0 Å². The smallest absolute Gasteiger partial charge is 0.243 e. The molecule has 158 valence electrons. The van der Waals surface area contributed by atoms with Gasteiger partial charge >= 0.3 is 0 Å². The number of piperidine rings is 1. The zero-order chi connectivity index (χ0) is 21.3. The van der Waals surface area contributed by atoms with Crippen molar-refractivity contribution < 1.29 is 13.2 Å². The molecule has 0 saturated carbocycles. The van der Waals surface area contributed by atoms with E-state index in [9.17, 15) is 8.42 Å². The number of ether oxygens (including phenoxy) is 1. The normalized spacial score (nSPS) is 17.8. The maximum Gasteiger partial charge on any atom is 0.243 e. The van der Waals surface area contributed by atoms with Gasteiger partial charge in [-0.2, -0.15) is 4.31 Å². The van der Waals surface area contributed by atoms with Crippen LogP contribution in [0.25, 0.3) is 10.6 Å². The zero-order valence-corrected chi connectivity index (χ0v) is 19.0. The molecule has 0 amide bonds. The molecule has 30 heavy (non-hydrogen) atoms. The molecule has 0 spiro atoms. The van der Waals surface area contributed by atoms with Crippen molar-refractivity contribution >= 4 is 21.4 Å². The SMILES string of the molecule is COc1ccc(-c2nnc(C3CCCN(S(=O)(=O)c4cc(C)ccc4C)C3)s2)cc1. The number of nitrogens with zero attached hydrogens (tertiary/aromatic N) is 3. The van der Waals surface area contributed by atoms with Crippen molar-refractivity contribution in [2.45, 2.75) is 37.5 Å². The van der Waals surface area contributed by atoms with Crippen LogP contribution in [-0.4, -0.2) is 43.1 Å². The Hall–Kier alpha value is -2.29. The highest BCUT2D eigenvalue weighted by Crippen LogP contribution is 2.35. The summed E-state index contributed by atoms with van der Waals surface area (Å²) in [6.45, 7) is 4.74. The topological polar surface area (TPSA) is 72.4 Å². The summed E-state index contributed by atoms with van der Waals surface area (Å²) in [6, 6.07) is 13.3. The predicted octanol–water partition coefficient (Wildman–Crippen LogP) is 4.40. The lowest BCUT2D eigenvalue weighted by atomic mass is 10.0. The first-order valence-electron chi connectivity index (χ1n) is 9.93. The number of rotatable bonds is 5. The number of sulfonamides is 1. The molecule has 6 nitrogen and oxygen atoms in total. The van der Waals surface area contributed by atoms with E-state index in [1.54, 1.807) is 17.5 Å². The van der Waals surface area contributed by atoms with Gasteiger partial charge in [-0.1, -0.05) is 23.5 Å². The third-order valence-corrected chi connectivity index (χ3v) is 8.61. The van der Waals surface area contributed by atoms with Crippen LogP contribution >= 0.6 is 11.3 Å².